The second-order valence-corrected chi connectivity index (χ2v) is 8.09. The largest absolute Gasteiger partial charge is 0.410 e. The number of amides is 3. The SMILES string of the molecule is NC(=O)Oc1cccc(C(=O)N2CCC(CCCCNC(=O)C=Cc3cccnc3)CC2)c1. The van der Waals surface area contributed by atoms with Crippen LogP contribution < -0.4 is 15.8 Å². The number of benzene rings is 1. The van der Waals surface area contributed by atoms with Crippen LogP contribution in [0.4, 0.5) is 4.79 Å². The standard InChI is InChI=1S/C25H30N4O4/c26-25(32)33-22-8-3-7-21(17-22)24(31)29-15-11-19(12-16-29)5-1-2-14-28-23(30)10-9-20-6-4-13-27-18-20/h3-4,6-10,13,17-19H,1-2,5,11-12,14-16H2,(H2,26,32)(H,28,30). The number of primary amides is 1. The number of piperidine rings is 1. The smallest absolute Gasteiger partial charge is 0.409 e. The molecule has 1 aliphatic heterocycles. The van der Waals surface area contributed by atoms with E-state index < -0.39 is 6.09 Å². The van der Waals surface area contributed by atoms with E-state index in [0.717, 1.165) is 37.7 Å². The second kappa shape index (κ2) is 12.4. The lowest BCUT2D eigenvalue weighted by atomic mass is 9.91. The summed E-state index contributed by atoms with van der Waals surface area (Å²) >= 11 is 0. The molecule has 33 heavy (non-hydrogen) atoms. The average molecular weight is 451 g/mol. The van der Waals surface area contributed by atoms with Crippen LogP contribution >= 0.6 is 0 Å². The van der Waals surface area contributed by atoms with Gasteiger partial charge in [-0.1, -0.05) is 25.0 Å². The van der Waals surface area contributed by atoms with Gasteiger partial charge in [-0.05, 0) is 61.1 Å². The molecule has 3 amide bonds. The minimum Gasteiger partial charge on any atom is -0.410 e. The highest BCUT2D eigenvalue weighted by Crippen LogP contribution is 2.24. The number of hydrogen-bond acceptors (Lipinski definition) is 5. The molecule has 8 nitrogen and oxygen atoms in total. The van der Waals surface area contributed by atoms with Crippen molar-refractivity contribution >= 4 is 24.0 Å². The van der Waals surface area contributed by atoms with Crippen molar-refractivity contribution < 1.29 is 19.1 Å². The highest BCUT2D eigenvalue weighted by molar-refractivity contribution is 5.94. The van der Waals surface area contributed by atoms with Crippen LogP contribution in [0.1, 0.15) is 48.0 Å². The lowest BCUT2D eigenvalue weighted by Crippen LogP contribution is -2.38. The summed E-state index contributed by atoms with van der Waals surface area (Å²) in [5.74, 6) is 0.684. The monoisotopic (exact) mass is 450 g/mol. The molecule has 2 aromatic rings. The van der Waals surface area contributed by atoms with Gasteiger partial charge in [-0.3, -0.25) is 14.6 Å². The van der Waals surface area contributed by atoms with E-state index >= 15 is 0 Å². The van der Waals surface area contributed by atoms with Crippen molar-refractivity contribution in [3.05, 3.63) is 66.0 Å². The number of nitrogens with zero attached hydrogens (tertiary/aromatic N) is 2. The Bertz CT molecular complexity index is 969. The summed E-state index contributed by atoms with van der Waals surface area (Å²) in [7, 11) is 0. The molecule has 3 N–H and O–H groups in total. The van der Waals surface area contributed by atoms with Crippen LogP contribution in [0, 0.1) is 5.92 Å². The van der Waals surface area contributed by atoms with Crippen LogP contribution in [0.5, 0.6) is 5.75 Å². The zero-order valence-electron chi connectivity index (χ0n) is 18.6. The van der Waals surface area contributed by atoms with Crippen molar-refractivity contribution in [3.63, 3.8) is 0 Å². The molecule has 8 heteroatoms. The minimum absolute atomic E-state index is 0.0644. The van der Waals surface area contributed by atoms with Crippen LogP contribution in [0.2, 0.25) is 0 Å². The molecule has 1 aliphatic rings. The van der Waals surface area contributed by atoms with Gasteiger partial charge in [-0.25, -0.2) is 4.79 Å². The highest BCUT2D eigenvalue weighted by atomic mass is 16.5. The van der Waals surface area contributed by atoms with Gasteiger partial charge >= 0.3 is 6.09 Å². The van der Waals surface area contributed by atoms with Crippen molar-refractivity contribution in [1.82, 2.24) is 15.2 Å². The van der Waals surface area contributed by atoms with Gasteiger partial charge in [0, 0.05) is 43.7 Å². The summed E-state index contributed by atoms with van der Waals surface area (Å²) in [6.07, 6.45) is 10.8. The first-order valence-electron chi connectivity index (χ1n) is 11.2. The third kappa shape index (κ3) is 8.07. The molecule has 1 fully saturated rings. The third-order valence-electron chi connectivity index (χ3n) is 5.65. The Morgan fingerprint density at radius 2 is 1.97 bits per heavy atom. The van der Waals surface area contributed by atoms with E-state index in [4.69, 9.17) is 10.5 Å². The van der Waals surface area contributed by atoms with E-state index in [-0.39, 0.29) is 17.6 Å². The van der Waals surface area contributed by atoms with Crippen molar-refractivity contribution in [3.8, 4) is 5.75 Å². The maximum Gasteiger partial charge on any atom is 0.409 e. The zero-order valence-corrected chi connectivity index (χ0v) is 18.6. The molecule has 0 saturated carbocycles. The van der Waals surface area contributed by atoms with E-state index in [9.17, 15) is 14.4 Å². The number of nitrogens with one attached hydrogen (secondary N) is 1. The van der Waals surface area contributed by atoms with Crippen molar-refractivity contribution in [1.29, 1.82) is 0 Å². The van der Waals surface area contributed by atoms with Crippen LogP contribution in [0.3, 0.4) is 0 Å². The number of unbranched alkanes of at least 4 members (excludes halogenated alkanes) is 1. The first-order chi connectivity index (χ1) is 16.0. The summed E-state index contributed by atoms with van der Waals surface area (Å²) in [4.78, 5) is 41.4. The number of carbonyl (C=O) groups is 3. The summed E-state index contributed by atoms with van der Waals surface area (Å²) in [6, 6.07) is 10.2. The summed E-state index contributed by atoms with van der Waals surface area (Å²) in [5.41, 5.74) is 6.41. The maximum atomic E-state index is 12.8. The Balaban J connectivity index is 1.31. The van der Waals surface area contributed by atoms with Gasteiger partial charge in [0.25, 0.3) is 5.91 Å². The normalized spacial score (nSPS) is 14.2. The van der Waals surface area contributed by atoms with E-state index in [1.54, 1.807) is 42.7 Å². The third-order valence-corrected chi connectivity index (χ3v) is 5.65. The van der Waals surface area contributed by atoms with Crippen LogP contribution in [-0.4, -0.2) is 47.4 Å². The molecule has 3 rings (SSSR count). The van der Waals surface area contributed by atoms with Gasteiger partial charge in [-0.2, -0.15) is 0 Å². The fourth-order valence-corrected chi connectivity index (χ4v) is 3.89. The van der Waals surface area contributed by atoms with Crippen molar-refractivity contribution in [2.45, 2.75) is 32.1 Å². The topological polar surface area (TPSA) is 115 Å². The molecule has 0 radical (unpaired) electrons. The van der Waals surface area contributed by atoms with E-state index in [2.05, 4.69) is 10.3 Å². The fraction of sp³-hybridized carbons (Fsp3) is 0.360. The number of rotatable bonds is 9. The lowest BCUT2D eigenvalue weighted by Gasteiger charge is -2.32. The Labute approximate surface area is 193 Å². The highest BCUT2D eigenvalue weighted by Gasteiger charge is 2.23. The quantitative estimate of drug-likeness (QED) is 0.449. The Kier molecular flexibility index (Phi) is 8.99. The fourth-order valence-electron chi connectivity index (χ4n) is 3.89. The summed E-state index contributed by atoms with van der Waals surface area (Å²) in [5, 5.41) is 2.91. The molecule has 0 spiro atoms. The molecule has 0 atom stereocenters. The molecule has 0 unspecified atom stereocenters. The molecule has 0 bridgehead atoms. The zero-order chi connectivity index (χ0) is 23.5. The van der Waals surface area contributed by atoms with E-state index in [0.29, 0.717) is 31.1 Å². The number of pyridine rings is 1. The average Bonchev–Trinajstić information content (AvgIpc) is 2.83. The Hall–Kier alpha value is -3.68. The Morgan fingerprint density at radius 3 is 2.70 bits per heavy atom. The molecular formula is C25H30N4O4. The van der Waals surface area contributed by atoms with Crippen LogP contribution in [0.15, 0.2) is 54.9 Å². The first-order valence-corrected chi connectivity index (χ1v) is 11.2. The first kappa shape index (κ1) is 24.0. The van der Waals surface area contributed by atoms with Crippen LogP contribution in [-0.2, 0) is 4.79 Å². The predicted octanol–water partition coefficient (Wildman–Crippen LogP) is 3.39. The predicted molar refractivity (Wildman–Crippen MR) is 125 cm³/mol. The minimum atomic E-state index is -0.902. The molecule has 2 heterocycles. The molecule has 0 aliphatic carbocycles. The molecule has 1 aromatic carbocycles. The molecule has 174 valence electrons. The lowest BCUT2D eigenvalue weighted by molar-refractivity contribution is -0.116. The van der Waals surface area contributed by atoms with Gasteiger partial charge in [0.2, 0.25) is 5.91 Å². The number of aromatic nitrogens is 1. The molecular weight excluding hydrogens is 420 g/mol. The molecule has 1 saturated heterocycles. The van der Waals surface area contributed by atoms with Crippen molar-refractivity contribution in [2.75, 3.05) is 19.6 Å². The van der Waals surface area contributed by atoms with Gasteiger partial charge in [0.15, 0.2) is 0 Å². The Morgan fingerprint density at radius 1 is 1.15 bits per heavy atom. The second-order valence-electron chi connectivity index (χ2n) is 8.09. The van der Waals surface area contributed by atoms with Gasteiger partial charge < -0.3 is 20.7 Å². The maximum absolute atomic E-state index is 12.8. The number of likely N-dealkylation sites (tertiary alicyclic amines) is 1. The number of ether oxygens (including phenoxy) is 1. The summed E-state index contributed by atoms with van der Waals surface area (Å²) < 4.78 is 4.86. The summed E-state index contributed by atoms with van der Waals surface area (Å²) in [6.45, 7) is 2.07. The van der Waals surface area contributed by atoms with E-state index in [1.807, 2.05) is 17.0 Å². The van der Waals surface area contributed by atoms with Gasteiger partial charge in [0.1, 0.15) is 5.75 Å². The number of nitrogens with two attached hydrogens (primary N) is 1. The van der Waals surface area contributed by atoms with Gasteiger partial charge in [0.05, 0.1) is 0 Å². The van der Waals surface area contributed by atoms with Gasteiger partial charge in [-0.15, -0.1) is 0 Å². The van der Waals surface area contributed by atoms with E-state index in [1.165, 1.54) is 6.08 Å². The molecule has 1 aromatic heterocycles. The number of hydrogen-bond donors (Lipinski definition) is 2. The van der Waals surface area contributed by atoms with Crippen LogP contribution in [0.25, 0.3) is 6.08 Å². The van der Waals surface area contributed by atoms with Crippen molar-refractivity contribution in [2.24, 2.45) is 11.7 Å². The number of carbonyl (C=O) groups excluding carboxylic acids is 3.